The van der Waals surface area contributed by atoms with Crippen LogP contribution in [0, 0.1) is 12.7 Å². The van der Waals surface area contributed by atoms with Gasteiger partial charge in [-0.3, -0.25) is 9.67 Å². The van der Waals surface area contributed by atoms with Crippen molar-refractivity contribution in [1.29, 1.82) is 0 Å². The van der Waals surface area contributed by atoms with E-state index in [2.05, 4.69) is 15.4 Å². The number of fused-ring (bicyclic) bond motifs is 1. The first-order valence-electron chi connectivity index (χ1n) is 5.63. The first-order chi connectivity index (χ1) is 8.25. The van der Waals surface area contributed by atoms with Crippen LogP contribution in [0.3, 0.4) is 0 Å². The Morgan fingerprint density at radius 3 is 3.12 bits per heavy atom. The fourth-order valence-corrected chi connectivity index (χ4v) is 2.08. The van der Waals surface area contributed by atoms with E-state index in [9.17, 15) is 4.39 Å². The van der Waals surface area contributed by atoms with Gasteiger partial charge in [0.15, 0.2) is 0 Å². The molecular weight excluding hydrogens is 219 g/mol. The van der Waals surface area contributed by atoms with Gasteiger partial charge in [0, 0.05) is 18.7 Å². The number of aromatic nitrogens is 3. The van der Waals surface area contributed by atoms with E-state index < -0.39 is 0 Å². The van der Waals surface area contributed by atoms with Gasteiger partial charge in [0.2, 0.25) is 0 Å². The average Bonchev–Trinajstić information content (AvgIpc) is 2.76. The second-order valence-corrected chi connectivity index (χ2v) is 4.22. The van der Waals surface area contributed by atoms with E-state index >= 15 is 0 Å². The highest BCUT2D eigenvalue weighted by Gasteiger charge is 2.16. The Bertz CT molecular complexity index is 562. The highest BCUT2D eigenvalue weighted by molar-refractivity contribution is 5.62. The zero-order chi connectivity index (χ0) is 11.8. The van der Waals surface area contributed by atoms with Crippen molar-refractivity contribution in [3.63, 3.8) is 0 Å². The minimum absolute atomic E-state index is 0.270. The minimum Gasteiger partial charge on any atom is -0.309 e. The zero-order valence-electron chi connectivity index (χ0n) is 9.57. The number of halogens is 1. The van der Waals surface area contributed by atoms with Crippen LogP contribution >= 0.6 is 0 Å². The van der Waals surface area contributed by atoms with E-state index in [1.165, 1.54) is 6.20 Å². The van der Waals surface area contributed by atoms with Crippen LogP contribution < -0.4 is 5.32 Å². The summed E-state index contributed by atoms with van der Waals surface area (Å²) in [6, 6.07) is 1.77. The Kier molecular flexibility index (Phi) is 2.40. The third-order valence-electron chi connectivity index (χ3n) is 3.06. The maximum Gasteiger partial charge on any atom is 0.144 e. The van der Waals surface area contributed by atoms with E-state index in [-0.39, 0.29) is 5.82 Å². The molecule has 0 aromatic carbocycles. The summed E-state index contributed by atoms with van der Waals surface area (Å²) in [5.74, 6) is -0.270. The van der Waals surface area contributed by atoms with Crippen molar-refractivity contribution in [3.05, 3.63) is 35.5 Å². The summed E-state index contributed by atoms with van der Waals surface area (Å²) in [5.41, 5.74) is 3.50. The van der Waals surface area contributed by atoms with Crippen LogP contribution in [0.5, 0.6) is 0 Å². The van der Waals surface area contributed by atoms with E-state index in [1.54, 1.807) is 13.0 Å². The number of nitrogens with one attached hydrogen (secondary N) is 1. The van der Waals surface area contributed by atoms with Gasteiger partial charge in [0.25, 0.3) is 0 Å². The largest absolute Gasteiger partial charge is 0.309 e. The molecule has 0 saturated heterocycles. The molecule has 0 fully saturated rings. The topological polar surface area (TPSA) is 42.7 Å². The summed E-state index contributed by atoms with van der Waals surface area (Å²) in [4.78, 5) is 4.13. The molecule has 17 heavy (non-hydrogen) atoms. The molecule has 0 aliphatic carbocycles. The lowest BCUT2D eigenvalue weighted by molar-refractivity contribution is 0.476. The number of nitrogens with zero attached hydrogens (tertiary/aromatic N) is 3. The van der Waals surface area contributed by atoms with E-state index in [4.69, 9.17) is 0 Å². The molecule has 2 aromatic rings. The summed E-state index contributed by atoms with van der Waals surface area (Å²) in [6.07, 6.45) is 3.08. The third kappa shape index (κ3) is 1.72. The molecule has 88 valence electrons. The highest BCUT2D eigenvalue weighted by atomic mass is 19.1. The van der Waals surface area contributed by atoms with E-state index in [0.29, 0.717) is 5.56 Å². The molecule has 3 rings (SSSR count). The van der Waals surface area contributed by atoms with Crippen molar-refractivity contribution in [2.45, 2.75) is 20.0 Å². The molecule has 3 heterocycles. The Hall–Kier alpha value is -1.75. The van der Waals surface area contributed by atoms with Gasteiger partial charge in [-0.05, 0) is 18.6 Å². The lowest BCUT2D eigenvalue weighted by Gasteiger charge is -2.16. The summed E-state index contributed by atoms with van der Waals surface area (Å²) in [5, 5.41) is 7.63. The standard InChI is InChI=1S/C12H13FN4/c1-8-4-11(15-6-10(8)13)9-5-16-17-3-2-14-7-12(9)17/h4-6,14H,2-3,7H2,1H3. The normalized spacial score (nSPS) is 14.7. The molecule has 1 N–H and O–H groups in total. The van der Waals surface area contributed by atoms with E-state index in [0.717, 1.165) is 36.6 Å². The minimum atomic E-state index is -0.270. The quantitative estimate of drug-likeness (QED) is 0.810. The number of rotatable bonds is 1. The van der Waals surface area contributed by atoms with Crippen LogP contribution in [0.4, 0.5) is 4.39 Å². The summed E-state index contributed by atoms with van der Waals surface area (Å²) >= 11 is 0. The van der Waals surface area contributed by atoms with Crippen LogP contribution in [0.1, 0.15) is 11.3 Å². The van der Waals surface area contributed by atoms with Crippen molar-refractivity contribution in [1.82, 2.24) is 20.1 Å². The first kappa shape index (κ1) is 10.4. The van der Waals surface area contributed by atoms with Crippen molar-refractivity contribution in [2.24, 2.45) is 0 Å². The smallest absolute Gasteiger partial charge is 0.144 e. The van der Waals surface area contributed by atoms with Gasteiger partial charge in [-0.2, -0.15) is 5.10 Å². The summed E-state index contributed by atoms with van der Waals surface area (Å²) in [7, 11) is 0. The Morgan fingerprint density at radius 1 is 1.41 bits per heavy atom. The molecule has 5 heteroatoms. The molecule has 2 aromatic heterocycles. The Morgan fingerprint density at radius 2 is 2.29 bits per heavy atom. The van der Waals surface area contributed by atoms with Gasteiger partial charge in [0.05, 0.1) is 30.3 Å². The average molecular weight is 232 g/mol. The number of hydrogen-bond acceptors (Lipinski definition) is 3. The molecular formula is C12H13FN4. The van der Waals surface area contributed by atoms with Crippen LogP contribution in [0.15, 0.2) is 18.5 Å². The zero-order valence-corrected chi connectivity index (χ0v) is 9.57. The van der Waals surface area contributed by atoms with Crippen molar-refractivity contribution < 1.29 is 4.39 Å². The molecule has 4 nitrogen and oxygen atoms in total. The molecule has 0 saturated carbocycles. The SMILES string of the molecule is Cc1cc(-c2cnn3c2CNCC3)ncc1F. The molecule has 0 amide bonds. The van der Waals surface area contributed by atoms with Crippen LogP contribution in [0.25, 0.3) is 11.3 Å². The van der Waals surface area contributed by atoms with Gasteiger partial charge in [-0.1, -0.05) is 0 Å². The van der Waals surface area contributed by atoms with Crippen LogP contribution in [-0.2, 0) is 13.1 Å². The Balaban J connectivity index is 2.09. The van der Waals surface area contributed by atoms with Crippen LogP contribution in [-0.4, -0.2) is 21.3 Å². The third-order valence-corrected chi connectivity index (χ3v) is 3.06. The van der Waals surface area contributed by atoms with Crippen molar-refractivity contribution in [2.75, 3.05) is 6.54 Å². The van der Waals surface area contributed by atoms with Crippen LogP contribution in [0.2, 0.25) is 0 Å². The second-order valence-electron chi connectivity index (χ2n) is 4.22. The lowest BCUT2D eigenvalue weighted by atomic mass is 10.1. The van der Waals surface area contributed by atoms with Crippen molar-refractivity contribution >= 4 is 0 Å². The second kappa shape index (κ2) is 3.92. The fraction of sp³-hybridized carbons (Fsp3) is 0.333. The predicted molar refractivity (Wildman–Crippen MR) is 61.9 cm³/mol. The molecule has 1 aliphatic rings. The van der Waals surface area contributed by atoms with Gasteiger partial charge in [-0.25, -0.2) is 4.39 Å². The van der Waals surface area contributed by atoms with Gasteiger partial charge in [0.1, 0.15) is 5.82 Å². The number of pyridine rings is 1. The highest BCUT2D eigenvalue weighted by Crippen LogP contribution is 2.24. The number of hydrogen-bond donors (Lipinski definition) is 1. The first-order valence-corrected chi connectivity index (χ1v) is 5.63. The molecule has 1 aliphatic heterocycles. The number of aryl methyl sites for hydroxylation is 1. The molecule has 0 unspecified atom stereocenters. The maximum absolute atomic E-state index is 13.2. The summed E-state index contributed by atoms with van der Waals surface area (Å²) in [6.45, 7) is 4.33. The van der Waals surface area contributed by atoms with Gasteiger partial charge in [-0.15, -0.1) is 0 Å². The fourth-order valence-electron chi connectivity index (χ4n) is 2.08. The van der Waals surface area contributed by atoms with E-state index in [1.807, 2.05) is 10.9 Å². The maximum atomic E-state index is 13.2. The van der Waals surface area contributed by atoms with Gasteiger partial charge >= 0.3 is 0 Å². The Labute approximate surface area is 98.5 Å². The lowest BCUT2D eigenvalue weighted by Crippen LogP contribution is -2.28. The predicted octanol–water partition coefficient (Wildman–Crippen LogP) is 1.50. The molecule has 0 spiro atoms. The monoisotopic (exact) mass is 232 g/mol. The molecule has 0 bridgehead atoms. The van der Waals surface area contributed by atoms with Crippen molar-refractivity contribution in [3.8, 4) is 11.3 Å². The molecule has 0 radical (unpaired) electrons. The van der Waals surface area contributed by atoms with Gasteiger partial charge < -0.3 is 5.32 Å². The summed E-state index contributed by atoms with van der Waals surface area (Å²) < 4.78 is 15.2. The molecule has 0 atom stereocenters.